The molecule has 1 aromatic heterocycles. The van der Waals surface area contributed by atoms with E-state index in [0.717, 1.165) is 22.5 Å². The molecule has 0 fully saturated rings. The molecule has 2 aromatic carbocycles. The number of halogens is 1. The molecule has 0 aliphatic heterocycles. The molecule has 3 rings (SSSR count). The highest BCUT2D eigenvalue weighted by Gasteiger charge is 2.12. The maximum atomic E-state index is 14.1. The molecule has 0 radical (unpaired) electrons. The van der Waals surface area contributed by atoms with Gasteiger partial charge in [0.2, 0.25) is 5.91 Å². The Balaban J connectivity index is 1.65. The van der Waals surface area contributed by atoms with Crippen molar-refractivity contribution in [2.45, 2.75) is 26.7 Å². The van der Waals surface area contributed by atoms with Gasteiger partial charge in [-0.1, -0.05) is 42.5 Å². The van der Waals surface area contributed by atoms with E-state index in [1.165, 1.54) is 6.07 Å². The maximum Gasteiger partial charge on any atom is 0.240 e. The summed E-state index contributed by atoms with van der Waals surface area (Å²) in [6.07, 6.45) is 2.64. The highest BCUT2D eigenvalue weighted by Crippen LogP contribution is 2.21. The highest BCUT2D eigenvalue weighted by molar-refractivity contribution is 5.84. The molecule has 1 amide bonds. The van der Waals surface area contributed by atoms with E-state index in [9.17, 15) is 9.18 Å². The van der Waals surface area contributed by atoms with Crippen LogP contribution in [0.5, 0.6) is 0 Å². The Morgan fingerprint density at radius 3 is 2.56 bits per heavy atom. The molecule has 1 N–H and O–H groups in total. The van der Waals surface area contributed by atoms with Gasteiger partial charge in [0.1, 0.15) is 5.82 Å². The van der Waals surface area contributed by atoms with Gasteiger partial charge in [0.15, 0.2) is 0 Å². The number of hydrogen-bond acceptors (Lipinski definition) is 2. The first-order chi connectivity index (χ1) is 13.1. The number of hydrogen-bond donors (Lipinski definition) is 1. The van der Waals surface area contributed by atoms with Gasteiger partial charge in [0.05, 0.1) is 11.9 Å². The van der Waals surface area contributed by atoms with Crippen LogP contribution in [0.1, 0.15) is 28.9 Å². The molecule has 0 saturated heterocycles. The lowest BCUT2D eigenvalue weighted by atomic mass is 10.1. The normalized spacial score (nSPS) is 11.1. The summed E-state index contributed by atoms with van der Waals surface area (Å²) in [6, 6.07) is 18.4. The summed E-state index contributed by atoms with van der Waals surface area (Å²) in [5.41, 5.74) is 6.76. The third kappa shape index (κ3) is 4.50. The van der Waals surface area contributed by atoms with Crippen LogP contribution in [0.2, 0.25) is 0 Å². The molecule has 0 unspecified atom stereocenters. The summed E-state index contributed by atoms with van der Waals surface area (Å²) in [5.74, 6) is -0.421. The van der Waals surface area contributed by atoms with Crippen LogP contribution in [0.4, 0.5) is 4.39 Å². The Hall–Kier alpha value is -3.21. The molecule has 138 valence electrons. The second-order valence-electron chi connectivity index (χ2n) is 6.39. The van der Waals surface area contributed by atoms with E-state index < -0.39 is 0 Å². The van der Waals surface area contributed by atoms with Gasteiger partial charge >= 0.3 is 0 Å². The van der Waals surface area contributed by atoms with Gasteiger partial charge in [-0.2, -0.15) is 5.10 Å². The average Bonchev–Trinajstić information content (AvgIpc) is 2.95. The number of benzene rings is 2. The molecule has 0 atom stereocenters. The number of aromatic nitrogens is 1. The second-order valence-corrected chi connectivity index (χ2v) is 6.39. The smallest absolute Gasteiger partial charge is 0.240 e. The predicted octanol–water partition coefficient (Wildman–Crippen LogP) is 4.32. The van der Waals surface area contributed by atoms with E-state index in [1.54, 1.807) is 24.4 Å². The Bertz CT molecular complexity index is 961. The molecule has 0 bridgehead atoms. The van der Waals surface area contributed by atoms with Crippen molar-refractivity contribution in [1.82, 2.24) is 9.99 Å². The van der Waals surface area contributed by atoms with Crippen LogP contribution in [-0.2, 0) is 11.2 Å². The summed E-state index contributed by atoms with van der Waals surface area (Å²) in [4.78, 5) is 12.0. The number of nitrogens with zero attached hydrogens (tertiary/aromatic N) is 2. The van der Waals surface area contributed by atoms with Crippen molar-refractivity contribution < 1.29 is 9.18 Å². The number of carbonyl (C=O) groups excluding carboxylic acids is 1. The topological polar surface area (TPSA) is 46.4 Å². The van der Waals surface area contributed by atoms with Gasteiger partial charge in [-0.25, -0.2) is 9.82 Å². The quantitative estimate of drug-likeness (QED) is 0.515. The van der Waals surface area contributed by atoms with E-state index >= 15 is 0 Å². The third-order valence-corrected chi connectivity index (χ3v) is 4.44. The lowest BCUT2D eigenvalue weighted by Gasteiger charge is -2.10. The molecular formula is C22H22FN3O. The molecule has 4 nitrogen and oxygen atoms in total. The van der Waals surface area contributed by atoms with Crippen LogP contribution in [0.3, 0.4) is 0 Å². The standard InChI is InChI=1S/C22H22FN3O/c1-16-14-19(17(2)26(16)21-11-7-6-10-20(21)23)15-24-25-22(27)13-12-18-8-4-3-5-9-18/h3-11,14-15H,12-13H2,1-2H3,(H,25,27)/b24-15-. The first-order valence-electron chi connectivity index (χ1n) is 8.86. The first-order valence-corrected chi connectivity index (χ1v) is 8.86. The monoisotopic (exact) mass is 363 g/mol. The van der Waals surface area contributed by atoms with Crippen molar-refractivity contribution in [3.8, 4) is 5.69 Å². The number of hydrazone groups is 1. The lowest BCUT2D eigenvalue weighted by molar-refractivity contribution is -0.121. The van der Waals surface area contributed by atoms with Crippen LogP contribution in [0.15, 0.2) is 65.8 Å². The summed E-state index contributed by atoms with van der Waals surface area (Å²) in [5, 5.41) is 4.05. The van der Waals surface area contributed by atoms with E-state index in [1.807, 2.05) is 54.8 Å². The lowest BCUT2D eigenvalue weighted by Crippen LogP contribution is -2.17. The van der Waals surface area contributed by atoms with Crippen LogP contribution in [0.25, 0.3) is 5.69 Å². The third-order valence-electron chi connectivity index (χ3n) is 4.44. The first kappa shape index (κ1) is 18.6. The minimum Gasteiger partial charge on any atom is -0.315 e. The van der Waals surface area contributed by atoms with Crippen molar-refractivity contribution in [3.63, 3.8) is 0 Å². The minimum absolute atomic E-state index is 0.141. The van der Waals surface area contributed by atoms with Crippen molar-refractivity contribution in [2.75, 3.05) is 0 Å². The molecule has 0 aliphatic rings. The molecule has 1 heterocycles. The summed E-state index contributed by atoms with van der Waals surface area (Å²) >= 11 is 0. The van der Waals surface area contributed by atoms with Gasteiger partial charge in [-0.3, -0.25) is 4.79 Å². The molecule has 3 aromatic rings. The zero-order valence-corrected chi connectivity index (χ0v) is 15.4. The zero-order chi connectivity index (χ0) is 19.2. The molecule has 0 aliphatic carbocycles. The van der Waals surface area contributed by atoms with Gasteiger partial charge in [-0.15, -0.1) is 0 Å². The minimum atomic E-state index is -0.281. The predicted molar refractivity (Wildman–Crippen MR) is 106 cm³/mol. The molecule has 0 spiro atoms. The van der Waals surface area contributed by atoms with E-state index in [0.29, 0.717) is 18.5 Å². The average molecular weight is 363 g/mol. The fourth-order valence-corrected chi connectivity index (χ4v) is 3.05. The number of aryl methyl sites for hydroxylation is 2. The van der Waals surface area contributed by atoms with Gasteiger partial charge in [-0.05, 0) is 44.0 Å². The Kier molecular flexibility index (Phi) is 5.81. The SMILES string of the molecule is Cc1cc(/C=N\NC(=O)CCc2ccccc2)c(C)n1-c1ccccc1F. The fraction of sp³-hybridized carbons (Fsp3) is 0.182. The van der Waals surface area contributed by atoms with Crippen LogP contribution >= 0.6 is 0 Å². The van der Waals surface area contributed by atoms with Crippen molar-refractivity contribution in [2.24, 2.45) is 5.10 Å². The Morgan fingerprint density at radius 2 is 1.81 bits per heavy atom. The van der Waals surface area contributed by atoms with Crippen molar-refractivity contribution in [3.05, 3.63) is 89.0 Å². The van der Waals surface area contributed by atoms with Gasteiger partial charge in [0, 0.05) is 23.4 Å². The highest BCUT2D eigenvalue weighted by atomic mass is 19.1. The fourth-order valence-electron chi connectivity index (χ4n) is 3.05. The molecule has 0 saturated carbocycles. The van der Waals surface area contributed by atoms with E-state index in [-0.39, 0.29) is 11.7 Å². The van der Waals surface area contributed by atoms with Gasteiger partial charge < -0.3 is 4.57 Å². The molecule has 5 heteroatoms. The van der Waals surface area contributed by atoms with E-state index in [4.69, 9.17) is 0 Å². The number of rotatable bonds is 6. The van der Waals surface area contributed by atoms with Crippen LogP contribution < -0.4 is 5.43 Å². The Labute approximate surface area is 158 Å². The number of nitrogens with one attached hydrogen (secondary N) is 1. The summed E-state index contributed by atoms with van der Waals surface area (Å²) < 4.78 is 16.0. The van der Waals surface area contributed by atoms with Crippen molar-refractivity contribution in [1.29, 1.82) is 0 Å². The number of carbonyl (C=O) groups is 1. The van der Waals surface area contributed by atoms with Crippen LogP contribution in [0, 0.1) is 19.7 Å². The largest absolute Gasteiger partial charge is 0.315 e. The van der Waals surface area contributed by atoms with Gasteiger partial charge in [0.25, 0.3) is 0 Å². The van der Waals surface area contributed by atoms with E-state index in [2.05, 4.69) is 10.5 Å². The maximum absolute atomic E-state index is 14.1. The Morgan fingerprint density at radius 1 is 1.11 bits per heavy atom. The second kappa shape index (κ2) is 8.45. The molecular weight excluding hydrogens is 341 g/mol. The molecule has 27 heavy (non-hydrogen) atoms. The van der Waals surface area contributed by atoms with Crippen LogP contribution in [-0.4, -0.2) is 16.7 Å². The zero-order valence-electron chi connectivity index (χ0n) is 15.4. The summed E-state index contributed by atoms with van der Waals surface area (Å²) in [6.45, 7) is 3.81. The van der Waals surface area contributed by atoms with Crippen molar-refractivity contribution >= 4 is 12.1 Å². The number of amides is 1. The summed E-state index contributed by atoms with van der Waals surface area (Å²) in [7, 11) is 0. The number of para-hydroxylation sites is 1.